The van der Waals surface area contributed by atoms with Crippen LogP contribution in [0.2, 0.25) is 0 Å². The summed E-state index contributed by atoms with van der Waals surface area (Å²) in [6.07, 6.45) is 0. The van der Waals surface area contributed by atoms with E-state index in [-0.39, 0.29) is 0 Å². The molecule has 0 unspecified atom stereocenters. The van der Waals surface area contributed by atoms with Crippen LogP contribution in [0, 0.1) is 113 Å². The first-order valence-corrected chi connectivity index (χ1v) is 25.2. The average molecular weight is 1040 g/mol. The summed E-state index contributed by atoms with van der Waals surface area (Å²) < 4.78 is 4.13. The Morgan fingerprint density at radius 1 is 0.207 bits per heavy atom. The molecule has 0 aliphatic heterocycles. The van der Waals surface area contributed by atoms with E-state index in [4.69, 9.17) is 0 Å². The van der Waals surface area contributed by atoms with Gasteiger partial charge in [0.1, 0.15) is 0 Å². The first-order valence-electron chi connectivity index (χ1n) is 25.2. The van der Waals surface area contributed by atoms with Gasteiger partial charge in [-0.3, -0.25) is 0 Å². The number of benzene rings is 10. The van der Waals surface area contributed by atoms with Gasteiger partial charge in [-0.05, 0) is 202 Å². The van der Waals surface area contributed by atoms with Crippen molar-refractivity contribution >= 4 is 43.6 Å². The second-order valence-corrected chi connectivity index (χ2v) is 19.4. The third-order valence-electron chi connectivity index (χ3n) is 14.7. The lowest BCUT2D eigenvalue weighted by molar-refractivity contribution is 1.17. The maximum absolute atomic E-state index is 10.8. The molecule has 0 bridgehead atoms. The molecule has 0 amide bonds. The van der Waals surface area contributed by atoms with Crippen LogP contribution in [-0.4, -0.2) is 9.13 Å². The molecule has 0 aliphatic carbocycles. The van der Waals surface area contributed by atoms with Crippen molar-refractivity contribution in [3.8, 4) is 128 Å². The minimum absolute atomic E-state index is 0.309. The SMILES string of the molecule is N#Cc1cc(C#N)cc(-c2ccc3c(c2)c2cc(-c4cc(C#N)cc(C#N)c4)ccc2n3-c2ccc(C#N)c(-c3cc(-n4c5ccc(-c6cc(C#N)cc(C#N)c6)cc5c5cc(-c6cc(C#N)cc(C#N)c6)ccc54)ccc3C#N)c2)c1. The van der Waals surface area contributed by atoms with Crippen LogP contribution in [0.5, 0.6) is 0 Å². The van der Waals surface area contributed by atoms with Crippen molar-refractivity contribution in [3.05, 3.63) is 238 Å². The Labute approximate surface area is 468 Å². The first kappa shape index (κ1) is 49.6. The van der Waals surface area contributed by atoms with Gasteiger partial charge in [-0.15, -0.1) is 0 Å². The Hall–Kier alpha value is -13.3. The molecule has 12 rings (SSSR count). The van der Waals surface area contributed by atoms with Gasteiger partial charge in [0.2, 0.25) is 0 Å². The van der Waals surface area contributed by atoms with Gasteiger partial charge in [-0.25, -0.2) is 0 Å². The maximum atomic E-state index is 10.8. The number of hydrogen-bond acceptors (Lipinski definition) is 10. The molecule has 0 fully saturated rings. The number of fused-ring (bicyclic) bond motifs is 6. The fraction of sp³-hybridized carbons (Fsp3) is 0. The van der Waals surface area contributed by atoms with Crippen molar-refractivity contribution in [2.45, 2.75) is 0 Å². The van der Waals surface area contributed by atoms with E-state index >= 15 is 0 Å². The number of nitriles is 10. The molecular weight excluding hydrogens is 1010 g/mol. The lowest BCUT2D eigenvalue weighted by Crippen LogP contribution is -1.99. The van der Waals surface area contributed by atoms with Crippen molar-refractivity contribution in [2.75, 3.05) is 0 Å². The minimum atomic E-state index is 0.309. The zero-order valence-corrected chi connectivity index (χ0v) is 42.7. The molecule has 12 heteroatoms. The van der Waals surface area contributed by atoms with Crippen LogP contribution in [0.3, 0.4) is 0 Å². The van der Waals surface area contributed by atoms with Crippen molar-refractivity contribution in [2.24, 2.45) is 0 Å². The molecule has 0 aliphatic rings. The quantitative estimate of drug-likeness (QED) is 0.146. The second kappa shape index (κ2) is 20.0. The van der Waals surface area contributed by atoms with E-state index in [1.807, 2.05) is 97.1 Å². The standard InChI is InChI=1S/C70H30N12/c71-31-41-13-42(32-72)18-55(17-41)49-3-9-67-63(25-49)64-26-50(56-19-43(33-73)14-44(20-56)34-74)4-10-68(64)81(67)59-7-1-53(39-79)61(29-59)62-30-60(8-2-54(62)40-80)82-69-11-5-51(57-21-45(35-75)15-46(22-57)36-76)27-65(69)66-28-52(6-12-70(66)82)58-23-47(37-77)16-48(24-58)38-78/h1-30H. The molecule has 0 radical (unpaired) electrons. The molecule has 0 spiro atoms. The van der Waals surface area contributed by atoms with Crippen molar-refractivity contribution in [1.29, 1.82) is 52.6 Å². The summed E-state index contributed by atoms with van der Waals surface area (Å²) in [5.41, 5.74) is 14.4. The second-order valence-electron chi connectivity index (χ2n) is 19.4. The zero-order chi connectivity index (χ0) is 56.8. The number of hydrogen-bond donors (Lipinski definition) is 0. The van der Waals surface area contributed by atoms with Gasteiger partial charge in [-0.1, -0.05) is 24.3 Å². The number of rotatable bonds is 7. The molecular formula is C70H30N12. The smallest absolute Gasteiger partial charge is 0.0998 e. The van der Waals surface area contributed by atoms with E-state index in [0.29, 0.717) is 100 Å². The van der Waals surface area contributed by atoms with Gasteiger partial charge in [0.25, 0.3) is 0 Å². The summed E-state index contributed by atoms with van der Waals surface area (Å²) in [6, 6.07) is 76.5. The number of aromatic nitrogens is 2. The van der Waals surface area contributed by atoms with Gasteiger partial charge in [0.15, 0.2) is 0 Å². The molecule has 0 N–H and O–H groups in total. The third kappa shape index (κ3) is 8.44. The fourth-order valence-corrected chi connectivity index (χ4v) is 11.0. The normalized spacial score (nSPS) is 10.6. The summed E-state index contributed by atoms with van der Waals surface area (Å²) in [4.78, 5) is 0. The Bertz CT molecular complexity index is 4580. The summed E-state index contributed by atoms with van der Waals surface area (Å²) >= 11 is 0. The van der Waals surface area contributed by atoms with E-state index in [1.165, 1.54) is 24.3 Å². The molecule has 370 valence electrons. The fourth-order valence-electron chi connectivity index (χ4n) is 11.0. The van der Waals surface area contributed by atoms with Crippen LogP contribution in [0.4, 0.5) is 0 Å². The van der Waals surface area contributed by atoms with Crippen molar-refractivity contribution in [1.82, 2.24) is 9.13 Å². The zero-order valence-electron chi connectivity index (χ0n) is 42.7. The Balaban J connectivity index is 1.07. The summed E-state index contributed by atoms with van der Waals surface area (Å²) in [6.45, 7) is 0. The number of nitrogens with zero attached hydrogens (tertiary/aromatic N) is 12. The topological polar surface area (TPSA) is 248 Å². The van der Waals surface area contributed by atoms with Gasteiger partial charge in [0.05, 0.1) is 138 Å². The highest BCUT2D eigenvalue weighted by molar-refractivity contribution is 6.13. The van der Waals surface area contributed by atoms with Crippen LogP contribution in [0.15, 0.2) is 182 Å². The predicted octanol–water partition coefficient (Wildman–Crippen LogP) is 14.9. The molecule has 12 nitrogen and oxygen atoms in total. The van der Waals surface area contributed by atoms with Crippen molar-refractivity contribution < 1.29 is 0 Å². The molecule has 2 aromatic heterocycles. The van der Waals surface area contributed by atoms with E-state index in [1.54, 1.807) is 60.7 Å². The minimum Gasteiger partial charge on any atom is -0.309 e. The highest BCUT2D eigenvalue weighted by Gasteiger charge is 2.22. The maximum Gasteiger partial charge on any atom is 0.0998 e. The molecule has 2 heterocycles. The monoisotopic (exact) mass is 1040 g/mol. The lowest BCUT2D eigenvalue weighted by Gasteiger charge is -2.15. The Morgan fingerprint density at radius 3 is 0.646 bits per heavy atom. The third-order valence-corrected chi connectivity index (χ3v) is 14.7. The van der Waals surface area contributed by atoms with E-state index < -0.39 is 0 Å². The Morgan fingerprint density at radius 2 is 0.439 bits per heavy atom. The van der Waals surface area contributed by atoms with E-state index in [9.17, 15) is 52.6 Å². The summed E-state index contributed by atoms with van der Waals surface area (Å²) in [5.74, 6) is 0. The van der Waals surface area contributed by atoms with Crippen LogP contribution < -0.4 is 0 Å². The molecule has 12 aromatic rings. The molecule has 0 saturated carbocycles. The van der Waals surface area contributed by atoms with E-state index in [0.717, 1.165) is 65.9 Å². The van der Waals surface area contributed by atoms with Gasteiger partial charge in [0, 0.05) is 44.0 Å². The lowest BCUT2D eigenvalue weighted by atomic mass is 9.95. The summed E-state index contributed by atoms with van der Waals surface area (Å²) in [7, 11) is 0. The van der Waals surface area contributed by atoms with E-state index in [2.05, 4.69) is 69.8 Å². The predicted molar refractivity (Wildman–Crippen MR) is 309 cm³/mol. The Kier molecular flexibility index (Phi) is 12.1. The van der Waals surface area contributed by atoms with Crippen LogP contribution in [0.1, 0.15) is 55.6 Å². The first-order chi connectivity index (χ1) is 40.1. The highest BCUT2D eigenvalue weighted by Crippen LogP contribution is 2.42. The van der Waals surface area contributed by atoms with Crippen LogP contribution in [-0.2, 0) is 0 Å². The van der Waals surface area contributed by atoms with Crippen LogP contribution >= 0.6 is 0 Å². The molecule has 0 saturated heterocycles. The summed E-state index contributed by atoms with van der Waals surface area (Å²) in [5, 5.41) is 104. The average Bonchev–Trinajstić information content (AvgIpc) is 4.28. The van der Waals surface area contributed by atoms with Gasteiger partial charge in [-0.2, -0.15) is 52.6 Å². The van der Waals surface area contributed by atoms with Crippen LogP contribution in [0.25, 0.3) is 111 Å². The molecule has 82 heavy (non-hydrogen) atoms. The van der Waals surface area contributed by atoms with Gasteiger partial charge < -0.3 is 9.13 Å². The highest BCUT2D eigenvalue weighted by atomic mass is 15.0. The molecule has 0 atom stereocenters. The van der Waals surface area contributed by atoms with Gasteiger partial charge >= 0.3 is 0 Å². The molecule has 10 aromatic carbocycles. The van der Waals surface area contributed by atoms with Crippen molar-refractivity contribution in [3.63, 3.8) is 0 Å². The largest absolute Gasteiger partial charge is 0.309 e.